The van der Waals surface area contributed by atoms with Gasteiger partial charge in [-0.2, -0.15) is 0 Å². The van der Waals surface area contributed by atoms with Crippen molar-refractivity contribution in [3.8, 4) is 16.9 Å². The third-order valence-electron chi connectivity index (χ3n) is 4.49. The second-order valence-electron chi connectivity index (χ2n) is 6.34. The number of ether oxygens (including phenoxy) is 1. The Morgan fingerprint density at radius 2 is 1.70 bits per heavy atom. The predicted molar refractivity (Wildman–Crippen MR) is 108 cm³/mol. The first-order valence-corrected chi connectivity index (χ1v) is 8.77. The van der Waals surface area contributed by atoms with Crippen LogP contribution in [-0.2, 0) is 6.54 Å². The van der Waals surface area contributed by atoms with Crippen LogP contribution < -0.4 is 10.1 Å². The van der Waals surface area contributed by atoms with Gasteiger partial charge in [-0.1, -0.05) is 18.2 Å². The maximum Gasteiger partial charge on any atom is 0.137 e. The van der Waals surface area contributed by atoms with Crippen molar-refractivity contribution < 1.29 is 4.74 Å². The molecule has 2 aromatic heterocycles. The Hall–Kier alpha value is -3.47. The van der Waals surface area contributed by atoms with E-state index in [1.807, 2.05) is 43.5 Å². The maximum atomic E-state index is 5.20. The summed E-state index contributed by atoms with van der Waals surface area (Å²) in [4.78, 5) is 13.1. The van der Waals surface area contributed by atoms with E-state index >= 15 is 0 Å². The average Bonchev–Trinajstić information content (AvgIpc) is 2.72. The molecular weight excluding hydrogens is 336 g/mol. The number of fused-ring (bicyclic) bond motifs is 1. The summed E-state index contributed by atoms with van der Waals surface area (Å²) in [7, 11) is 1.67. The molecule has 4 aromatic rings. The van der Waals surface area contributed by atoms with Crippen LogP contribution in [0, 0.1) is 6.92 Å². The normalized spacial score (nSPS) is 10.7. The van der Waals surface area contributed by atoms with Crippen molar-refractivity contribution in [3.63, 3.8) is 0 Å². The lowest BCUT2D eigenvalue weighted by molar-refractivity contribution is 0.414. The quantitative estimate of drug-likeness (QED) is 0.565. The Morgan fingerprint density at radius 1 is 0.889 bits per heavy atom. The highest BCUT2D eigenvalue weighted by Crippen LogP contribution is 2.26. The molecule has 0 aliphatic heterocycles. The van der Waals surface area contributed by atoms with Crippen molar-refractivity contribution in [2.75, 3.05) is 12.4 Å². The molecule has 5 nitrogen and oxygen atoms in total. The number of hydrogen-bond acceptors (Lipinski definition) is 5. The fourth-order valence-corrected chi connectivity index (χ4v) is 3.03. The molecule has 0 saturated heterocycles. The third-order valence-corrected chi connectivity index (χ3v) is 4.49. The summed E-state index contributed by atoms with van der Waals surface area (Å²) in [6, 6.07) is 18.3. The molecular formula is C22H20N4O. The lowest BCUT2D eigenvalue weighted by Crippen LogP contribution is -2.02. The third kappa shape index (κ3) is 3.72. The Morgan fingerprint density at radius 3 is 2.48 bits per heavy atom. The largest absolute Gasteiger partial charge is 0.497 e. The van der Waals surface area contributed by atoms with Crippen molar-refractivity contribution in [2.45, 2.75) is 13.5 Å². The average molecular weight is 356 g/mol. The number of nitrogens with zero attached hydrogens (tertiary/aromatic N) is 3. The standard InChI is InChI=1S/C22H20N4O/c1-15-11-18(9-10-23-15)17-5-8-20-21(12-17)25-14-26-22(20)24-13-16-3-6-19(27-2)7-4-16/h3-12,14H,13H2,1-2H3,(H,24,25,26). The molecule has 0 atom stereocenters. The summed E-state index contributed by atoms with van der Waals surface area (Å²) < 4.78 is 5.20. The maximum absolute atomic E-state index is 5.20. The van der Waals surface area contributed by atoms with E-state index in [9.17, 15) is 0 Å². The minimum Gasteiger partial charge on any atom is -0.497 e. The van der Waals surface area contributed by atoms with E-state index in [1.165, 1.54) is 0 Å². The monoisotopic (exact) mass is 356 g/mol. The Balaban J connectivity index is 1.60. The summed E-state index contributed by atoms with van der Waals surface area (Å²) in [6.07, 6.45) is 3.43. The first kappa shape index (κ1) is 17.0. The fourth-order valence-electron chi connectivity index (χ4n) is 3.03. The van der Waals surface area contributed by atoms with E-state index in [-0.39, 0.29) is 0 Å². The predicted octanol–water partition coefficient (Wildman–Crippen LogP) is 4.62. The second-order valence-corrected chi connectivity index (χ2v) is 6.34. The van der Waals surface area contributed by atoms with E-state index in [0.717, 1.165) is 44.9 Å². The first-order valence-electron chi connectivity index (χ1n) is 8.77. The van der Waals surface area contributed by atoms with Gasteiger partial charge in [0, 0.05) is 23.8 Å². The van der Waals surface area contributed by atoms with Gasteiger partial charge in [-0.05, 0) is 60.0 Å². The van der Waals surface area contributed by atoms with Gasteiger partial charge in [0.2, 0.25) is 0 Å². The van der Waals surface area contributed by atoms with E-state index in [0.29, 0.717) is 6.54 Å². The van der Waals surface area contributed by atoms with Gasteiger partial charge in [0.05, 0.1) is 12.6 Å². The van der Waals surface area contributed by atoms with Gasteiger partial charge in [-0.15, -0.1) is 0 Å². The number of anilines is 1. The van der Waals surface area contributed by atoms with Gasteiger partial charge >= 0.3 is 0 Å². The summed E-state index contributed by atoms with van der Waals surface area (Å²) in [5.74, 6) is 1.68. The van der Waals surface area contributed by atoms with Gasteiger partial charge in [-0.3, -0.25) is 4.98 Å². The minimum absolute atomic E-state index is 0.682. The smallest absolute Gasteiger partial charge is 0.137 e. The SMILES string of the molecule is COc1ccc(CNc2ncnc3cc(-c4ccnc(C)c4)ccc23)cc1. The van der Waals surface area contributed by atoms with Crippen LogP contribution in [0.15, 0.2) is 67.1 Å². The van der Waals surface area contributed by atoms with Gasteiger partial charge in [0.15, 0.2) is 0 Å². The molecule has 0 aliphatic carbocycles. The molecule has 134 valence electrons. The number of methoxy groups -OCH3 is 1. The number of benzene rings is 2. The van der Waals surface area contributed by atoms with Crippen LogP contribution in [0.4, 0.5) is 5.82 Å². The molecule has 0 saturated carbocycles. The van der Waals surface area contributed by atoms with Crippen molar-refractivity contribution in [1.82, 2.24) is 15.0 Å². The molecule has 0 amide bonds. The molecule has 27 heavy (non-hydrogen) atoms. The second kappa shape index (κ2) is 7.41. The molecule has 2 heterocycles. The topological polar surface area (TPSA) is 59.9 Å². The summed E-state index contributed by atoms with van der Waals surface area (Å²) in [6.45, 7) is 2.68. The van der Waals surface area contributed by atoms with Crippen molar-refractivity contribution >= 4 is 16.7 Å². The molecule has 0 bridgehead atoms. The zero-order valence-corrected chi connectivity index (χ0v) is 15.3. The molecule has 0 fully saturated rings. The highest BCUT2D eigenvalue weighted by Gasteiger charge is 2.06. The Kier molecular flexibility index (Phi) is 4.66. The number of aryl methyl sites for hydroxylation is 1. The number of pyridine rings is 1. The molecule has 0 spiro atoms. The van der Waals surface area contributed by atoms with Gasteiger partial charge in [-0.25, -0.2) is 9.97 Å². The highest BCUT2D eigenvalue weighted by molar-refractivity contribution is 5.91. The summed E-state index contributed by atoms with van der Waals surface area (Å²) >= 11 is 0. The molecule has 2 aromatic carbocycles. The van der Waals surface area contributed by atoms with Gasteiger partial charge in [0.1, 0.15) is 17.9 Å². The molecule has 4 rings (SSSR count). The zero-order chi connectivity index (χ0) is 18.6. The van der Waals surface area contributed by atoms with Crippen LogP contribution in [0.1, 0.15) is 11.3 Å². The summed E-state index contributed by atoms with van der Waals surface area (Å²) in [5, 5.41) is 4.41. The Bertz CT molecular complexity index is 1080. The lowest BCUT2D eigenvalue weighted by Gasteiger charge is -2.10. The molecule has 5 heteroatoms. The van der Waals surface area contributed by atoms with Crippen LogP contribution in [-0.4, -0.2) is 22.1 Å². The minimum atomic E-state index is 0.682. The van der Waals surface area contributed by atoms with Crippen LogP contribution in [0.3, 0.4) is 0 Å². The first-order chi connectivity index (χ1) is 13.2. The van der Waals surface area contributed by atoms with Crippen molar-refractivity contribution in [1.29, 1.82) is 0 Å². The summed E-state index contributed by atoms with van der Waals surface area (Å²) in [5.41, 5.74) is 5.32. The fraction of sp³-hybridized carbons (Fsp3) is 0.136. The van der Waals surface area contributed by atoms with Gasteiger partial charge in [0.25, 0.3) is 0 Å². The van der Waals surface area contributed by atoms with E-state index < -0.39 is 0 Å². The van der Waals surface area contributed by atoms with E-state index in [4.69, 9.17) is 4.74 Å². The Labute approximate surface area is 158 Å². The van der Waals surface area contributed by atoms with Crippen LogP contribution >= 0.6 is 0 Å². The van der Waals surface area contributed by atoms with Crippen LogP contribution in [0.25, 0.3) is 22.0 Å². The zero-order valence-electron chi connectivity index (χ0n) is 15.3. The highest BCUT2D eigenvalue weighted by atomic mass is 16.5. The van der Waals surface area contributed by atoms with Crippen molar-refractivity contribution in [2.24, 2.45) is 0 Å². The van der Waals surface area contributed by atoms with Gasteiger partial charge < -0.3 is 10.1 Å². The van der Waals surface area contributed by atoms with Crippen molar-refractivity contribution in [3.05, 3.63) is 78.4 Å². The number of hydrogen-bond donors (Lipinski definition) is 1. The number of rotatable bonds is 5. The lowest BCUT2D eigenvalue weighted by atomic mass is 10.0. The molecule has 0 unspecified atom stereocenters. The van der Waals surface area contributed by atoms with E-state index in [1.54, 1.807) is 13.4 Å². The number of aromatic nitrogens is 3. The number of nitrogens with one attached hydrogen (secondary N) is 1. The van der Waals surface area contributed by atoms with E-state index in [2.05, 4.69) is 44.5 Å². The molecule has 1 N–H and O–H groups in total. The van der Waals surface area contributed by atoms with Crippen LogP contribution in [0.2, 0.25) is 0 Å². The molecule has 0 radical (unpaired) electrons. The molecule has 0 aliphatic rings. The van der Waals surface area contributed by atoms with Crippen LogP contribution in [0.5, 0.6) is 5.75 Å².